The summed E-state index contributed by atoms with van der Waals surface area (Å²) in [5.41, 5.74) is 0. The molecule has 70 valence electrons. The Bertz CT molecular complexity index is 268. The van der Waals surface area contributed by atoms with Gasteiger partial charge in [-0.05, 0) is 13.0 Å². The molecule has 0 aromatic carbocycles. The molecule has 0 aromatic heterocycles. The van der Waals surface area contributed by atoms with Gasteiger partial charge in [0.15, 0.2) is 0 Å². The topological polar surface area (TPSA) is 63.2 Å². The van der Waals surface area contributed by atoms with Crippen molar-refractivity contribution < 1.29 is 13.2 Å². The molecule has 0 saturated carbocycles. The molecule has 1 N–H and O–H groups in total. The SMILES string of the molecule is C=CC(=O)N[C@@H](C)CS(C)(=O)=O. The summed E-state index contributed by atoms with van der Waals surface area (Å²) in [5.74, 6) is -0.404. The van der Waals surface area contributed by atoms with Crippen molar-refractivity contribution in [3.63, 3.8) is 0 Å². The molecule has 1 amide bonds. The van der Waals surface area contributed by atoms with Crippen LogP contribution in [0.15, 0.2) is 12.7 Å². The third kappa shape index (κ3) is 5.91. The first kappa shape index (κ1) is 11.2. The maximum atomic E-state index is 10.7. The summed E-state index contributed by atoms with van der Waals surface area (Å²) in [7, 11) is -3.03. The molecule has 0 aromatic rings. The summed E-state index contributed by atoms with van der Waals surface area (Å²) in [6.07, 6.45) is 2.24. The highest BCUT2D eigenvalue weighted by Crippen LogP contribution is 1.89. The first-order valence-corrected chi connectivity index (χ1v) is 5.52. The van der Waals surface area contributed by atoms with E-state index in [2.05, 4.69) is 11.9 Å². The van der Waals surface area contributed by atoms with Gasteiger partial charge in [-0.25, -0.2) is 8.42 Å². The van der Waals surface area contributed by atoms with Crippen molar-refractivity contribution >= 4 is 15.7 Å². The van der Waals surface area contributed by atoms with E-state index >= 15 is 0 Å². The Morgan fingerprint density at radius 1 is 1.67 bits per heavy atom. The molecule has 0 aliphatic rings. The lowest BCUT2D eigenvalue weighted by molar-refractivity contribution is -0.116. The van der Waals surface area contributed by atoms with E-state index in [1.807, 2.05) is 0 Å². The van der Waals surface area contributed by atoms with Crippen molar-refractivity contribution in [1.29, 1.82) is 0 Å². The van der Waals surface area contributed by atoms with Gasteiger partial charge in [0.1, 0.15) is 9.84 Å². The average molecular weight is 191 g/mol. The maximum absolute atomic E-state index is 10.7. The molecule has 0 heterocycles. The van der Waals surface area contributed by atoms with Crippen LogP contribution < -0.4 is 5.32 Å². The molecular formula is C7H13NO3S. The minimum Gasteiger partial charge on any atom is -0.349 e. The fourth-order valence-electron chi connectivity index (χ4n) is 0.798. The van der Waals surface area contributed by atoms with Gasteiger partial charge in [-0.2, -0.15) is 0 Å². The molecule has 5 heteroatoms. The molecule has 0 bridgehead atoms. The van der Waals surface area contributed by atoms with Crippen LogP contribution in [0.4, 0.5) is 0 Å². The lowest BCUT2D eigenvalue weighted by Crippen LogP contribution is -2.36. The highest BCUT2D eigenvalue weighted by molar-refractivity contribution is 7.90. The van der Waals surface area contributed by atoms with Crippen molar-refractivity contribution in [3.8, 4) is 0 Å². The Kier molecular flexibility index (Phi) is 3.95. The zero-order valence-electron chi connectivity index (χ0n) is 7.20. The zero-order chi connectivity index (χ0) is 9.78. The molecule has 0 spiro atoms. The Morgan fingerprint density at radius 3 is 2.50 bits per heavy atom. The Balaban J connectivity index is 3.99. The predicted molar refractivity (Wildman–Crippen MR) is 47.5 cm³/mol. The Morgan fingerprint density at radius 2 is 2.17 bits per heavy atom. The van der Waals surface area contributed by atoms with E-state index in [9.17, 15) is 13.2 Å². The minimum atomic E-state index is -3.03. The molecule has 0 radical (unpaired) electrons. The third-order valence-corrected chi connectivity index (χ3v) is 2.23. The van der Waals surface area contributed by atoms with Crippen molar-refractivity contribution in [3.05, 3.63) is 12.7 Å². The molecule has 12 heavy (non-hydrogen) atoms. The van der Waals surface area contributed by atoms with Crippen LogP contribution in [0.2, 0.25) is 0 Å². The second kappa shape index (κ2) is 4.25. The monoisotopic (exact) mass is 191 g/mol. The number of amides is 1. The number of hydrogen-bond acceptors (Lipinski definition) is 3. The van der Waals surface area contributed by atoms with E-state index in [0.29, 0.717) is 0 Å². The zero-order valence-corrected chi connectivity index (χ0v) is 8.02. The van der Waals surface area contributed by atoms with Crippen LogP contribution in [0.25, 0.3) is 0 Å². The second-order valence-electron chi connectivity index (χ2n) is 2.71. The number of nitrogens with one attached hydrogen (secondary N) is 1. The molecule has 0 aliphatic heterocycles. The van der Waals surface area contributed by atoms with Crippen LogP contribution in [0, 0.1) is 0 Å². The molecule has 1 atom stereocenters. The van der Waals surface area contributed by atoms with E-state index in [4.69, 9.17) is 0 Å². The van der Waals surface area contributed by atoms with Gasteiger partial charge in [0.2, 0.25) is 5.91 Å². The van der Waals surface area contributed by atoms with Crippen LogP contribution in [0.5, 0.6) is 0 Å². The number of carbonyl (C=O) groups excluding carboxylic acids is 1. The van der Waals surface area contributed by atoms with E-state index in [0.717, 1.165) is 12.3 Å². The number of rotatable bonds is 4. The summed E-state index contributed by atoms with van der Waals surface area (Å²) < 4.78 is 21.5. The fraction of sp³-hybridized carbons (Fsp3) is 0.571. The lowest BCUT2D eigenvalue weighted by atomic mass is 10.4. The molecule has 0 saturated heterocycles. The van der Waals surface area contributed by atoms with Crippen molar-refractivity contribution in [2.45, 2.75) is 13.0 Å². The van der Waals surface area contributed by atoms with Crippen LogP contribution >= 0.6 is 0 Å². The summed E-state index contributed by atoms with van der Waals surface area (Å²) in [6, 6.07) is -0.370. The summed E-state index contributed by atoms with van der Waals surface area (Å²) in [5, 5.41) is 2.45. The highest BCUT2D eigenvalue weighted by Gasteiger charge is 2.10. The number of hydrogen-bond donors (Lipinski definition) is 1. The van der Waals surface area contributed by atoms with Gasteiger partial charge in [-0.3, -0.25) is 4.79 Å². The van der Waals surface area contributed by atoms with Crippen LogP contribution in [0.1, 0.15) is 6.92 Å². The van der Waals surface area contributed by atoms with Gasteiger partial charge in [0.25, 0.3) is 0 Å². The first-order chi connectivity index (χ1) is 5.35. The molecule has 0 fully saturated rings. The molecular weight excluding hydrogens is 178 g/mol. The normalized spacial score (nSPS) is 13.5. The highest BCUT2D eigenvalue weighted by atomic mass is 32.2. The van der Waals surface area contributed by atoms with Crippen LogP contribution in [-0.4, -0.2) is 32.4 Å². The number of carbonyl (C=O) groups is 1. The first-order valence-electron chi connectivity index (χ1n) is 3.46. The Labute approximate surface area is 72.6 Å². The van der Waals surface area contributed by atoms with Crippen LogP contribution in [0.3, 0.4) is 0 Å². The maximum Gasteiger partial charge on any atom is 0.243 e. The summed E-state index contributed by atoms with van der Waals surface area (Å²) in [6.45, 7) is 4.88. The summed E-state index contributed by atoms with van der Waals surface area (Å²) in [4.78, 5) is 10.7. The molecule has 0 unspecified atom stereocenters. The predicted octanol–water partition coefficient (Wildman–Crippen LogP) is -0.278. The average Bonchev–Trinajstić information content (AvgIpc) is 1.82. The minimum absolute atomic E-state index is 0.0490. The van der Waals surface area contributed by atoms with E-state index in [-0.39, 0.29) is 17.7 Å². The van der Waals surface area contributed by atoms with Gasteiger partial charge in [0.05, 0.1) is 5.75 Å². The van der Waals surface area contributed by atoms with Crippen molar-refractivity contribution in [1.82, 2.24) is 5.32 Å². The molecule has 0 rings (SSSR count). The van der Waals surface area contributed by atoms with Crippen LogP contribution in [-0.2, 0) is 14.6 Å². The lowest BCUT2D eigenvalue weighted by Gasteiger charge is -2.10. The van der Waals surface area contributed by atoms with Gasteiger partial charge in [-0.1, -0.05) is 6.58 Å². The number of sulfone groups is 1. The molecule has 0 aliphatic carbocycles. The Hall–Kier alpha value is -0.840. The van der Waals surface area contributed by atoms with Crippen molar-refractivity contribution in [2.75, 3.05) is 12.0 Å². The fourth-order valence-corrected chi connectivity index (χ4v) is 1.79. The van der Waals surface area contributed by atoms with Gasteiger partial charge in [0, 0.05) is 12.3 Å². The standard InChI is InChI=1S/C7H13NO3S/c1-4-7(9)8-6(2)5-12(3,10)11/h4,6H,1,5H2,2-3H3,(H,8,9)/t6-/m0/s1. The largest absolute Gasteiger partial charge is 0.349 e. The van der Waals surface area contributed by atoms with E-state index in [1.165, 1.54) is 0 Å². The second-order valence-corrected chi connectivity index (χ2v) is 4.89. The van der Waals surface area contributed by atoms with E-state index < -0.39 is 9.84 Å². The molecule has 4 nitrogen and oxygen atoms in total. The smallest absolute Gasteiger partial charge is 0.243 e. The third-order valence-electron chi connectivity index (χ3n) is 1.13. The van der Waals surface area contributed by atoms with Crippen molar-refractivity contribution in [2.24, 2.45) is 0 Å². The van der Waals surface area contributed by atoms with Gasteiger partial charge < -0.3 is 5.32 Å². The van der Waals surface area contributed by atoms with Gasteiger partial charge in [-0.15, -0.1) is 0 Å². The quantitative estimate of drug-likeness (QED) is 0.622. The summed E-state index contributed by atoms with van der Waals surface area (Å²) >= 11 is 0. The van der Waals surface area contributed by atoms with E-state index in [1.54, 1.807) is 6.92 Å². The van der Waals surface area contributed by atoms with Gasteiger partial charge >= 0.3 is 0 Å².